The van der Waals surface area contributed by atoms with Gasteiger partial charge in [-0.25, -0.2) is 4.79 Å². The largest absolute Gasteiger partial charge is 0.444 e. The van der Waals surface area contributed by atoms with Crippen LogP contribution in [0, 0.1) is 0 Å². The second-order valence-corrected chi connectivity index (χ2v) is 8.56. The van der Waals surface area contributed by atoms with Gasteiger partial charge in [0.05, 0.1) is 18.2 Å². The Morgan fingerprint density at radius 3 is 2.24 bits per heavy atom. The first kappa shape index (κ1) is 23.5. The number of hydrogen-bond acceptors (Lipinski definition) is 4. The van der Waals surface area contributed by atoms with Gasteiger partial charge in [-0.05, 0) is 51.8 Å². The molecule has 0 saturated carbocycles. The van der Waals surface area contributed by atoms with Crippen LogP contribution in [0.25, 0.3) is 0 Å². The molecule has 0 aromatic heterocycles. The van der Waals surface area contributed by atoms with Crippen LogP contribution in [0.5, 0.6) is 0 Å². The first-order valence-corrected chi connectivity index (χ1v) is 9.90. The van der Waals surface area contributed by atoms with Gasteiger partial charge in [0, 0.05) is 25.2 Å². The normalized spacial score (nSPS) is 22.4. The first-order valence-electron chi connectivity index (χ1n) is 9.90. The number of halogens is 3. The summed E-state index contributed by atoms with van der Waals surface area (Å²) < 4.78 is 44.1. The molecule has 1 amide bonds. The lowest BCUT2D eigenvalue weighted by Gasteiger charge is -2.47. The molecule has 29 heavy (non-hydrogen) atoms. The van der Waals surface area contributed by atoms with Crippen LogP contribution in [0.3, 0.4) is 0 Å². The molecule has 0 spiro atoms. The van der Waals surface area contributed by atoms with Crippen LogP contribution in [-0.4, -0.2) is 58.4 Å². The fourth-order valence-corrected chi connectivity index (χ4v) is 3.74. The van der Waals surface area contributed by atoms with Crippen LogP contribution in [0.1, 0.15) is 58.2 Å². The molecule has 1 aliphatic heterocycles. The van der Waals surface area contributed by atoms with Crippen LogP contribution in [0.15, 0.2) is 24.3 Å². The molecule has 1 heterocycles. The maximum atomic E-state index is 12.9. The first-order chi connectivity index (χ1) is 13.4. The third-order valence-electron chi connectivity index (χ3n) is 5.13. The van der Waals surface area contributed by atoms with E-state index < -0.39 is 23.4 Å². The highest BCUT2D eigenvalue weighted by atomic mass is 19.4. The van der Waals surface area contributed by atoms with Crippen molar-refractivity contribution in [2.45, 2.75) is 70.9 Å². The molecule has 1 unspecified atom stereocenters. The molecular formula is C21H31F3N2O3. The molecule has 1 aliphatic rings. The molecule has 0 radical (unpaired) electrons. The highest BCUT2D eigenvalue weighted by Gasteiger charge is 2.39. The summed E-state index contributed by atoms with van der Waals surface area (Å²) in [6, 6.07) is 4.53. The van der Waals surface area contributed by atoms with E-state index in [1.807, 2.05) is 13.8 Å². The van der Waals surface area contributed by atoms with Gasteiger partial charge in [0.2, 0.25) is 0 Å². The Balaban J connectivity index is 2.21. The minimum atomic E-state index is -4.37. The minimum Gasteiger partial charge on any atom is -0.444 e. The Labute approximate surface area is 170 Å². The summed E-state index contributed by atoms with van der Waals surface area (Å²) in [5.41, 5.74) is -0.538. The van der Waals surface area contributed by atoms with Gasteiger partial charge in [0.1, 0.15) is 5.60 Å². The van der Waals surface area contributed by atoms with Crippen molar-refractivity contribution in [2.24, 2.45) is 0 Å². The number of piperazine rings is 1. The number of hydrogen-bond donors (Lipinski definition) is 1. The van der Waals surface area contributed by atoms with Crippen LogP contribution in [-0.2, 0) is 10.9 Å². The van der Waals surface area contributed by atoms with E-state index in [2.05, 4.69) is 4.90 Å². The predicted molar refractivity (Wildman–Crippen MR) is 104 cm³/mol. The quantitative estimate of drug-likeness (QED) is 0.788. The van der Waals surface area contributed by atoms with Crippen molar-refractivity contribution in [2.75, 3.05) is 19.7 Å². The highest BCUT2D eigenvalue weighted by Crippen LogP contribution is 2.34. The van der Waals surface area contributed by atoms with Crippen LogP contribution in [0.2, 0.25) is 0 Å². The second kappa shape index (κ2) is 8.92. The van der Waals surface area contributed by atoms with Gasteiger partial charge in [-0.1, -0.05) is 19.1 Å². The summed E-state index contributed by atoms with van der Waals surface area (Å²) in [5, 5.41) is 9.95. The number of alkyl halides is 3. The van der Waals surface area contributed by atoms with Crippen molar-refractivity contribution in [3.63, 3.8) is 0 Å². The van der Waals surface area contributed by atoms with Crippen molar-refractivity contribution < 1.29 is 27.8 Å². The van der Waals surface area contributed by atoms with Gasteiger partial charge in [-0.15, -0.1) is 0 Å². The van der Waals surface area contributed by atoms with Crippen LogP contribution >= 0.6 is 0 Å². The topological polar surface area (TPSA) is 53.0 Å². The number of rotatable bonds is 4. The maximum Gasteiger partial charge on any atom is 0.416 e. The van der Waals surface area contributed by atoms with E-state index >= 15 is 0 Å². The molecule has 1 fully saturated rings. The Morgan fingerprint density at radius 1 is 1.21 bits per heavy atom. The maximum absolute atomic E-state index is 12.9. The Kier molecular flexibility index (Phi) is 7.22. The lowest BCUT2D eigenvalue weighted by Crippen LogP contribution is -2.61. The average molecular weight is 416 g/mol. The predicted octanol–water partition coefficient (Wildman–Crippen LogP) is 4.46. The zero-order chi connectivity index (χ0) is 22.0. The van der Waals surface area contributed by atoms with Gasteiger partial charge in [-0.2, -0.15) is 13.2 Å². The monoisotopic (exact) mass is 416 g/mol. The van der Waals surface area contributed by atoms with Gasteiger partial charge in [0.25, 0.3) is 0 Å². The number of ether oxygens (including phenoxy) is 1. The SMILES string of the molecule is CCC(c1ccc(C(F)(F)F)cc1)N1C[C@H](C)N(C(=O)OC(C)(C)C)C[C@H]1CO. The lowest BCUT2D eigenvalue weighted by molar-refractivity contribution is -0.137. The number of amides is 1. The van der Waals surface area contributed by atoms with Crippen molar-refractivity contribution in [1.82, 2.24) is 9.80 Å². The van der Waals surface area contributed by atoms with E-state index in [-0.39, 0.29) is 24.7 Å². The van der Waals surface area contributed by atoms with E-state index in [1.165, 1.54) is 12.1 Å². The number of carbonyl (C=O) groups excluding carboxylic acids is 1. The van der Waals surface area contributed by atoms with E-state index in [1.54, 1.807) is 25.7 Å². The average Bonchev–Trinajstić information content (AvgIpc) is 2.60. The number of benzene rings is 1. The summed E-state index contributed by atoms with van der Waals surface area (Å²) in [5.74, 6) is 0. The van der Waals surface area contributed by atoms with Crippen LogP contribution in [0.4, 0.5) is 18.0 Å². The molecule has 1 aromatic rings. The van der Waals surface area contributed by atoms with Gasteiger partial charge in [-0.3, -0.25) is 4.90 Å². The van der Waals surface area contributed by atoms with Gasteiger partial charge in [0.15, 0.2) is 0 Å². The molecule has 3 atom stereocenters. The molecule has 0 bridgehead atoms. The number of carbonyl (C=O) groups is 1. The fourth-order valence-electron chi connectivity index (χ4n) is 3.74. The molecule has 1 aromatic carbocycles. The molecule has 0 aliphatic carbocycles. The van der Waals surface area contributed by atoms with Gasteiger partial charge >= 0.3 is 12.3 Å². The summed E-state index contributed by atoms with van der Waals surface area (Å²) in [7, 11) is 0. The lowest BCUT2D eigenvalue weighted by atomic mass is 9.96. The standard InChI is InChI=1S/C21H31F3N2O3/c1-6-18(15-7-9-16(10-8-15)21(22,23)24)26-11-14(2)25(12-17(26)13-27)19(28)29-20(3,4)5/h7-10,14,17-18,27H,6,11-13H2,1-5H3/t14-,17-,18?/m0/s1. The molecular weight excluding hydrogens is 385 g/mol. The van der Waals surface area contributed by atoms with Crippen molar-refractivity contribution in [3.05, 3.63) is 35.4 Å². The fraction of sp³-hybridized carbons (Fsp3) is 0.667. The number of nitrogens with zero attached hydrogens (tertiary/aromatic N) is 2. The molecule has 1 N–H and O–H groups in total. The van der Waals surface area contributed by atoms with E-state index in [0.717, 1.165) is 17.7 Å². The molecule has 1 saturated heterocycles. The van der Waals surface area contributed by atoms with E-state index in [9.17, 15) is 23.1 Å². The highest BCUT2D eigenvalue weighted by molar-refractivity contribution is 5.68. The molecule has 8 heteroatoms. The summed E-state index contributed by atoms with van der Waals surface area (Å²) >= 11 is 0. The molecule has 5 nitrogen and oxygen atoms in total. The minimum absolute atomic E-state index is 0.155. The van der Waals surface area contributed by atoms with Crippen molar-refractivity contribution in [1.29, 1.82) is 0 Å². The summed E-state index contributed by atoms with van der Waals surface area (Å²) in [6.07, 6.45) is -4.13. The Hall–Kier alpha value is -1.80. The number of aliphatic hydroxyl groups excluding tert-OH is 1. The van der Waals surface area contributed by atoms with E-state index in [4.69, 9.17) is 4.74 Å². The number of aliphatic hydroxyl groups is 1. The molecule has 164 valence electrons. The Morgan fingerprint density at radius 2 is 1.79 bits per heavy atom. The second-order valence-electron chi connectivity index (χ2n) is 8.56. The third-order valence-corrected chi connectivity index (χ3v) is 5.13. The van der Waals surface area contributed by atoms with Gasteiger partial charge < -0.3 is 14.7 Å². The third kappa shape index (κ3) is 5.85. The summed E-state index contributed by atoms with van der Waals surface area (Å²) in [4.78, 5) is 16.2. The van der Waals surface area contributed by atoms with Crippen LogP contribution < -0.4 is 0 Å². The van der Waals surface area contributed by atoms with Crippen molar-refractivity contribution >= 4 is 6.09 Å². The van der Waals surface area contributed by atoms with E-state index in [0.29, 0.717) is 19.5 Å². The zero-order valence-corrected chi connectivity index (χ0v) is 17.7. The van der Waals surface area contributed by atoms with Crippen molar-refractivity contribution in [3.8, 4) is 0 Å². The molecule has 2 rings (SSSR count). The smallest absolute Gasteiger partial charge is 0.416 e. The Bertz CT molecular complexity index is 686. The zero-order valence-electron chi connectivity index (χ0n) is 17.7. The summed E-state index contributed by atoms with van der Waals surface area (Å²) in [6.45, 7) is 9.88.